The molecule has 50 heavy (non-hydrogen) atoms. The maximum absolute atomic E-state index is 5.15. The van der Waals surface area contributed by atoms with E-state index < -0.39 is 13.8 Å². The molecular formula is C48H36P2. The fourth-order valence-corrected chi connectivity index (χ4v) is 15.4. The first-order chi connectivity index (χ1) is 24.6. The van der Waals surface area contributed by atoms with Crippen LogP contribution < -0.4 is 21.2 Å². The van der Waals surface area contributed by atoms with E-state index in [2.05, 4.69) is 194 Å². The second-order valence-electron chi connectivity index (χ2n) is 13.1. The molecule has 0 amide bonds. The second kappa shape index (κ2) is 12.2. The minimum Gasteiger partial charge on any atom is -0.0886 e. The third-order valence-electron chi connectivity index (χ3n) is 10.4. The maximum Gasteiger partial charge on any atom is -0.000883 e. The van der Waals surface area contributed by atoms with Crippen molar-refractivity contribution in [3.05, 3.63) is 228 Å². The van der Waals surface area contributed by atoms with Gasteiger partial charge in [-0.1, -0.05) is 207 Å². The first-order valence-electron chi connectivity index (χ1n) is 17.1. The fraction of sp³-hybridized carbons (Fsp3) is 0. The van der Waals surface area contributed by atoms with Gasteiger partial charge in [0.05, 0.1) is 0 Å². The van der Waals surface area contributed by atoms with Gasteiger partial charge in [-0.05, 0) is 90.1 Å². The van der Waals surface area contributed by atoms with Crippen LogP contribution in [-0.4, -0.2) is 12.6 Å². The number of hydrogen-bond donors (Lipinski definition) is 0. The molecule has 2 aliphatic rings. The van der Waals surface area contributed by atoms with Crippen molar-refractivity contribution in [1.29, 1.82) is 0 Å². The smallest absolute Gasteiger partial charge is 0.000883 e. The summed E-state index contributed by atoms with van der Waals surface area (Å²) in [5.74, 6) is 0. The lowest BCUT2D eigenvalue weighted by Crippen LogP contribution is -2.15. The second-order valence-corrected chi connectivity index (χ2v) is 19.2. The third kappa shape index (κ3) is 4.60. The summed E-state index contributed by atoms with van der Waals surface area (Å²) in [7, 11) is 0. The molecule has 2 atom stereocenters. The van der Waals surface area contributed by atoms with Crippen LogP contribution in [0.1, 0.15) is 33.4 Å². The molecule has 7 aromatic rings. The summed E-state index contributed by atoms with van der Waals surface area (Å²) in [4.78, 5) is 0. The van der Waals surface area contributed by atoms with Gasteiger partial charge >= 0.3 is 0 Å². The van der Waals surface area contributed by atoms with E-state index in [1.165, 1.54) is 76.4 Å². The zero-order valence-electron chi connectivity index (χ0n) is 27.8. The Labute approximate surface area is 295 Å². The Balaban J connectivity index is 1.29. The van der Waals surface area contributed by atoms with Crippen molar-refractivity contribution in [2.24, 2.45) is 0 Å². The van der Waals surface area contributed by atoms with Gasteiger partial charge in [0, 0.05) is 0 Å². The monoisotopic (exact) mass is 674 g/mol. The maximum atomic E-state index is 5.15. The van der Waals surface area contributed by atoms with E-state index in [9.17, 15) is 0 Å². The summed E-state index contributed by atoms with van der Waals surface area (Å²) in [5, 5.41) is 7.99. The predicted molar refractivity (Wildman–Crippen MR) is 224 cm³/mol. The lowest BCUT2D eigenvalue weighted by molar-refractivity contribution is 1.53. The van der Waals surface area contributed by atoms with Gasteiger partial charge in [0.1, 0.15) is 0 Å². The van der Waals surface area contributed by atoms with Crippen LogP contribution in [0.4, 0.5) is 0 Å². The van der Waals surface area contributed by atoms with Crippen LogP contribution in [0.15, 0.2) is 194 Å². The van der Waals surface area contributed by atoms with Gasteiger partial charge in [-0.3, -0.25) is 0 Å². The lowest BCUT2D eigenvalue weighted by atomic mass is 9.91. The van der Waals surface area contributed by atoms with Gasteiger partial charge in [-0.15, -0.1) is 0 Å². The predicted octanol–water partition coefficient (Wildman–Crippen LogP) is 10.3. The van der Waals surface area contributed by atoms with E-state index in [0.717, 1.165) is 0 Å². The molecule has 0 N–H and O–H groups in total. The Morgan fingerprint density at radius 2 is 0.580 bits per heavy atom. The number of rotatable bonds is 6. The molecular weight excluding hydrogens is 638 g/mol. The Bertz CT molecular complexity index is 2360. The number of fused-ring (bicyclic) bond motifs is 2. The van der Waals surface area contributed by atoms with E-state index in [-0.39, 0.29) is 0 Å². The summed E-state index contributed by atoms with van der Waals surface area (Å²) in [6, 6.07) is 70.9. The van der Waals surface area contributed by atoms with E-state index in [1.807, 2.05) is 0 Å². The van der Waals surface area contributed by atoms with Gasteiger partial charge in [0.25, 0.3) is 0 Å². The molecule has 0 spiro atoms. The summed E-state index contributed by atoms with van der Waals surface area (Å²) >= 11 is 0. The minimum atomic E-state index is -2.18. The van der Waals surface area contributed by atoms with Gasteiger partial charge in [-0.2, -0.15) is 0 Å². The molecule has 0 saturated heterocycles. The first kappa shape index (κ1) is 30.7. The van der Waals surface area contributed by atoms with Gasteiger partial charge in [0.2, 0.25) is 0 Å². The largest absolute Gasteiger partial charge is 0.0886 e. The van der Waals surface area contributed by atoms with E-state index in [4.69, 9.17) is 12.6 Å². The molecule has 0 nitrogen and oxygen atoms in total. The summed E-state index contributed by atoms with van der Waals surface area (Å²) in [5.41, 5.74) is 10.1. The molecule has 2 heteroatoms. The van der Waals surface area contributed by atoms with Crippen molar-refractivity contribution in [3.63, 3.8) is 0 Å². The highest BCUT2D eigenvalue weighted by molar-refractivity contribution is 7.97. The standard InChI is InChI=1S/C48H36P2/c1-49(39-23-11-5-12-24-39)43-29-17-15-27-41(43)45(47(49)37-19-7-3-8-20-37)35-31-33-36(34-32-35)46-42-28-16-18-30-44(42)50(2,40-25-13-6-14-26-40)48(46)38-21-9-4-10-22-38/h3-34H,1-2H2. The van der Waals surface area contributed by atoms with Crippen molar-refractivity contribution >= 4 is 69.4 Å². The highest BCUT2D eigenvalue weighted by Gasteiger charge is 2.39. The van der Waals surface area contributed by atoms with Gasteiger partial charge in [0.15, 0.2) is 0 Å². The normalized spacial score (nSPS) is 19.4. The van der Waals surface area contributed by atoms with Crippen LogP contribution in [0.2, 0.25) is 0 Å². The van der Waals surface area contributed by atoms with Gasteiger partial charge in [-0.25, -0.2) is 0 Å². The van der Waals surface area contributed by atoms with Crippen molar-refractivity contribution < 1.29 is 0 Å². The molecule has 7 aromatic carbocycles. The van der Waals surface area contributed by atoms with Crippen molar-refractivity contribution in [1.82, 2.24) is 0 Å². The molecule has 0 aliphatic carbocycles. The van der Waals surface area contributed by atoms with Crippen LogP contribution >= 0.6 is 13.8 Å². The fourth-order valence-electron chi connectivity index (χ4n) is 8.12. The van der Waals surface area contributed by atoms with Crippen molar-refractivity contribution in [3.8, 4) is 0 Å². The topological polar surface area (TPSA) is 0 Å². The quantitative estimate of drug-likeness (QED) is 0.154. The Hall–Kier alpha value is -5.38. The highest BCUT2D eigenvalue weighted by Crippen LogP contribution is 2.66. The summed E-state index contributed by atoms with van der Waals surface area (Å²) in [6.45, 7) is -4.35. The SMILES string of the molecule is C=P1(c2ccccc2)C(c2ccccc2)=C(c2ccc(C3=C(c4ccccc4)P(=C)(c4ccccc4)c4ccccc43)cc2)c2ccccc21. The Morgan fingerprint density at radius 3 is 0.940 bits per heavy atom. The number of hydrogen-bond acceptors (Lipinski definition) is 0. The van der Waals surface area contributed by atoms with Crippen LogP contribution in [0, 0.1) is 0 Å². The minimum absolute atomic E-state index is 1.22. The van der Waals surface area contributed by atoms with E-state index in [0.29, 0.717) is 0 Å². The molecule has 2 aliphatic heterocycles. The molecule has 2 unspecified atom stereocenters. The molecule has 0 aromatic heterocycles. The van der Waals surface area contributed by atoms with Gasteiger partial charge < -0.3 is 0 Å². The van der Waals surface area contributed by atoms with Crippen LogP contribution in [0.3, 0.4) is 0 Å². The molecule has 0 bridgehead atoms. The zero-order valence-corrected chi connectivity index (χ0v) is 29.6. The Morgan fingerprint density at radius 1 is 0.280 bits per heavy atom. The molecule has 0 fully saturated rings. The van der Waals surface area contributed by atoms with Crippen molar-refractivity contribution in [2.45, 2.75) is 0 Å². The zero-order chi connectivity index (χ0) is 33.7. The summed E-state index contributed by atoms with van der Waals surface area (Å²) in [6.07, 6.45) is 10.3. The molecule has 2 heterocycles. The molecule has 0 radical (unpaired) electrons. The average molecular weight is 675 g/mol. The third-order valence-corrected chi connectivity index (χ3v) is 17.6. The van der Waals surface area contributed by atoms with E-state index in [1.54, 1.807) is 0 Å². The Kier molecular flexibility index (Phi) is 7.48. The molecule has 238 valence electrons. The van der Waals surface area contributed by atoms with Crippen LogP contribution in [0.5, 0.6) is 0 Å². The molecule has 9 rings (SSSR count). The summed E-state index contributed by atoms with van der Waals surface area (Å²) < 4.78 is 0. The van der Waals surface area contributed by atoms with Crippen molar-refractivity contribution in [2.75, 3.05) is 0 Å². The lowest BCUT2D eigenvalue weighted by Gasteiger charge is -2.26. The van der Waals surface area contributed by atoms with E-state index >= 15 is 0 Å². The van der Waals surface area contributed by atoms with Crippen LogP contribution in [0.25, 0.3) is 21.8 Å². The average Bonchev–Trinajstić information content (AvgIpc) is 3.63. The highest BCUT2D eigenvalue weighted by atomic mass is 31.2. The number of benzene rings is 7. The first-order valence-corrected chi connectivity index (χ1v) is 21.0. The molecule has 0 saturated carbocycles. The van der Waals surface area contributed by atoms with Crippen LogP contribution in [-0.2, 0) is 0 Å².